The van der Waals surface area contributed by atoms with E-state index in [2.05, 4.69) is 26.5 Å². The van der Waals surface area contributed by atoms with Gasteiger partial charge in [-0.15, -0.1) is 0 Å². The fourth-order valence-electron chi connectivity index (χ4n) is 2.33. The summed E-state index contributed by atoms with van der Waals surface area (Å²) in [5, 5.41) is 13.8. The number of carbonyl (C=O) groups is 1. The molecule has 0 spiro atoms. The third kappa shape index (κ3) is 4.08. The van der Waals surface area contributed by atoms with E-state index in [4.69, 9.17) is 14.2 Å². The van der Waals surface area contributed by atoms with E-state index in [9.17, 15) is 9.90 Å². The summed E-state index contributed by atoms with van der Waals surface area (Å²) in [6.07, 6.45) is 0.662. The number of hydrogen-bond acceptors (Lipinski definition) is 6. The lowest BCUT2D eigenvalue weighted by Crippen LogP contribution is -2.42. The summed E-state index contributed by atoms with van der Waals surface area (Å²) in [5.41, 5.74) is 3.07. The number of fused-ring (bicyclic) bond motifs is 1. The molecule has 2 aromatic carbocycles. The molecular weight excluding hydrogens is 404 g/mol. The Bertz CT molecular complexity index is 840. The Hall–Kier alpha value is -2.74. The zero-order valence-corrected chi connectivity index (χ0v) is 15.5. The summed E-state index contributed by atoms with van der Waals surface area (Å²) in [6.45, 7) is 2.34. The molecule has 0 unspecified atom stereocenters. The molecule has 3 rings (SSSR count). The van der Waals surface area contributed by atoms with Crippen molar-refractivity contribution in [3.05, 3.63) is 46.4 Å². The Morgan fingerprint density at radius 2 is 2.19 bits per heavy atom. The largest absolute Gasteiger partial charge is 0.503 e. The van der Waals surface area contributed by atoms with Crippen LogP contribution < -0.4 is 19.6 Å². The van der Waals surface area contributed by atoms with E-state index in [0.29, 0.717) is 33.9 Å². The van der Waals surface area contributed by atoms with Crippen LogP contribution in [0, 0.1) is 0 Å². The van der Waals surface area contributed by atoms with Crippen LogP contribution >= 0.6 is 15.9 Å². The summed E-state index contributed by atoms with van der Waals surface area (Å²) < 4.78 is 16.9. The van der Waals surface area contributed by atoms with Crippen LogP contribution in [0.25, 0.3) is 0 Å². The summed E-state index contributed by atoms with van der Waals surface area (Å²) in [6, 6.07) is 10.4. The Morgan fingerprint density at radius 3 is 2.96 bits per heavy atom. The number of nitrogens with one attached hydrogen (secondary N) is 1. The number of phenols is 1. The maximum Gasteiger partial charge on any atom is 0.284 e. The molecule has 2 aromatic rings. The van der Waals surface area contributed by atoms with Gasteiger partial charge in [0.1, 0.15) is 6.61 Å². The van der Waals surface area contributed by atoms with Crippen molar-refractivity contribution >= 4 is 28.1 Å². The Labute approximate surface area is 158 Å². The van der Waals surface area contributed by atoms with Gasteiger partial charge in [-0.2, -0.15) is 5.10 Å². The molecule has 1 heterocycles. The molecule has 0 saturated carbocycles. The minimum absolute atomic E-state index is 0.0134. The number of para-hydroxylation sites is 2. The first-order valence-corrected chi connectivity index (χ1v) is 8.74. The molecule has 0 saturated heterocycles. The van der Waals surface area contributed by atoms with E-state index < -0.39 is 12.0 Å². The van der Waals surface area contributed by atoms with Crippen molar-refractivity contribution in [3.8, 4) is 23.0 Å². The van der Waals surface area contributed by atoms with Crippen molar-refractivity contribution in [2.45, 2.75) is 13.0 Å². The number of nitrogens with zero attached hydrogens (tertiary/aromatic N) is 1. The first-order valence-electron chi connectivity index (χ1n) is 7.95. The highest BCUT2D eigenvalue weighted by Crippen LogP contribution is 2.35. The van der Waals surface area contributed by atoms with Gasteiger partial charge in [0.15, 0.2) is 23.0 Å². The highest BCUT2D eigenvalue weighted by Gasteiger charge is 2.26. The molecule has 1 aliphatic rings. The molecule has 0 radical (unpaired) electrons. The second-order valence-corrected chi connectivity index (χ2v) is 6.24. The van der Waals surface area contributed by atoms with Crippen molar-refractivity contribution in [3.63, 3.8) is 0 Å². The SMILES string of the molecule is CCOc1cc(C=NNC(=O)[C@H]2COc3ccccc3O2)cc(Br)c1O. The van der Waals surface area contributed by atoms with E-state index in [1.807, 2.05) is 13.0 Å². The molecule has 1 amide bonds. The van der Waals surface area contributed by atoms with E-state index in [-0.39, 0.29) is 12.4 Å². The minimum Gasteiger partial charge on any atom is -0.503 e. The zero-order valence-electron chi connectivity index (χ0n) is 13.9. The standard InChI is InChI=1S/C18H17BrN2O5/c1-2-24-15-8-11(7-12(19)17(15)22)9-20-21-18(23)16-10-25-13-5-3-4-6-14(13)26-16/h3-9,16,22H,2,10H2,1H3,(H,21,23)/t16-/m1/s1. The summed E-state index contributed by atoms with van der Waals surface area (Å²) in [7, 11) is 0. The number of hydrogen-bond donors (Lipinski definition) is 2. The van der Waals surface area contributed by atoms with Crippen LogP contribution in [-0.4, -0.2) is 36.5 Å². The van der Waals surface area contributed by atoms with Gasteiger partial charge in [0, 0.05) is 0 Å². The maximum absolute atomic E-state index is 12.2. The van der Waals surface area contributed by atoms with Crippen molar-refractivity contribution in [2.75, 3.05) is 13.2 Å². The van der Waals surface area contributed by atoms with Crippen molar-refractivity contribution in [1.82, 2.24) is 5.43 Å². The van der Waals surface area contributed by atoms with E-state index >= 15 is 0 Å². The van der Waals surface area contributed by atoms with Gasteiger partial charge in [0.05, 0.1) is 17.3 Å². The minimum atomic E-state index is -0.785. The lowest BCUT2D eigenvalue weighted by molar-refractivity contribution is -0.130. The maximum atomic E-state index is 12.2. The van der Waals surface area contributed by atoms with Crippen LogP contribution in [0.2, 0.25) is 0 Å². The zero-order chi connectivity index (χ0) is 18.5. The second kappa shape index (κ2) is 8.09. The Morgan fingerprint density at radius 1 is 1.42 bits per heavy atom. The number of halogens is 1. The van der Waals surface area contributed by atoms with Crippen molar-refractivity contribution < 1.29 is 24.1 Å². The van der Waals surface area contributed by atoms with E-state index in [1.165, 1.54) is 6.21 Å². The number of ether oxygens (including phenoxy) is 3. The van der Waals surface area contributed by atoms with Gasteiger partial charge in [0.2, 0.25) is 6.10 Å². The van der Waals surface area contributed by atoms with E-state index in [0.717, 1.165) is 0 Å². The number of carbonyl (C=O) groups excluding carboxylic acids is 1. The Kier molecular flexibility index (Phi) is 5.62. The summed E-state index contributed by atoms with van der Waals surface area (Å²) in [5.74, 6) is 1.05. The smallest absolute Gasteiger partial charge is 0.284 e. The molecule has 0 bridgehead atoms. The topological polar surface area (TPSA) is 89.4 Å². The van der Waals surface area contributed by atoms with Crippen LogP contribution in [0.1, 0.15) is 12.5 Å². The number of rotatable bonds is 5. The van der Waals surface area contributed by atoms with Crippen LogP contribution in [0.15, 0.2) is 46.0 Å². The number of amides is 1. The number of phenolic OH excluding ortho intramolecular Hbond substituents is 1. The van der Waals surface area contributed by atoms with Gasteiger partial charge in [-0.05, 0) is 52.7 Å². The second-order valence-electron chi connectivity index (χ2n) is 5.38. The molecule has 0 aromatic heterocycles. The monoisotopic (exact) mass is 420 g/mol. The van der Waals surface area contributed by atoms with Gasteiger partial charge in [-0.3, -0.25) is 4.79 Å². The normalized spacial score (nSPS) is 15.7. The fourth-order valence-corrected chi connectivity index (χ4v) is 2.78. The number of benzene rings is 2. The van der Waals surface area contributed by atoms with Gasteiger partial charge < -0.3 is 19.3 Å². The average molecular weight is 421 g/mol. The van der Waals surface area contributed by atoms with Crippen molar-refractivity contribution in [2.24, 2.45) is 5.10 Å². The lowest BCUT2D eigenvalue weighted by Gasteiger charge is -2.24. The van der Waals surface area contributed by atoms with Crippen LogP contribution in [0.5, 0.6) is 23.0 Å². The molecule has 1 aliphatic heterocycles. The first-order chi connectivity index (χ1) is 12.6. The first kappa shape index (κ1) is 18.1. The molecule has 8 heteroatoms. The molecule has 2 N–H and O–H groups in total. The number of aromatic hydroxyl groups is 1. The third-order valence-electron chi connectivity index (χ3n) is 3.54. The Balaban J connectivity index is 1.63. The average Bonchev–Trinajstić information content (AvgIpc) is 2.65. The molecule has 26 heavy (non-hydrogen) atoms. The van der Waals surface area contributed by atoms with Gasteiger partial charge >= 0.3 is 0 Å². The van der Waals surface area contributed by atoms with Crippen molar-refractivity contribution in [1.29, 1.82) is 0 Å². The third-order valence-corrected chi connectivity index (χ3v) is 4.14. The molecule has 136 valence electrons. The highest BCUT2D eigenvalue weighted by molar-refractivity contribution is 9.10. The van der Waals surface area contributed by atoms with Crippen LogP contribution in [-0.2, 0) is 4.79 Å². The molecule has 0 aliphatic carbocycles. The molecule has 0 fully saturated rings. The van der Waals surface area contributed by atoms with Crippen LogP contribution in [0.4, 0.5) is 0 Å². The molecule has 7 nitrogen and oxygen atoms in total. The van der Waals surface area contributed by atoms with Gasteiger partial charge in [0.25, 0.3) is 5.91 Å². The predicted molar refractivity (Wildman–Crippen MR) is 99.1 cm³/mol. The quantitative estimate of drug-likeness (QED) is 0.573. The lowest BCUT2D eigenvalue weighted by atomic mass is 10.2. The molecular formula is C18H17BrN2O5. The van der Waals surface area contributed by atoms with E-state index in [1.54, 1.807) is 30.3 Å². The highest BCUT2D eigenvalue weighted by atomic mass is 79.9. The molecule has 1 atom stereocenters. The summed E-state index contributed by atoms with van der Waals surface area (Å²) >= 11 is 3.25. The van der Waals surface area contributed by atoms with Gasteiger partial charge in [-0.1, -0.05) is 12.1 Å². The summed E-state index contributed by atoms with van der Waals surface area (Å²) in [4.78, 5) is 12.2. The predicted octanol–water partition coefficient (Wildman–Crippen LogP) is 2.84. The van der Waals surface area contributed by atoms with Crippen LogP contribution in [0.3, 0.4) is 0 Å². The fraction of sp³-hybridized carbons (Fsp3) is 0.222. The van der Waals surface area contributed by atoms with Gasteiger partial charge in [-0.25, -0.2) is 5.43 Å². The number of hydrazone groups is 1.